The third-order valence-corrected chi connectivity index (χ3v) is 7.92. The van der Waals surface area contributed by atoms with E-state index in [-0.39, 0.29) is 35.3 Å². The van der Waals surface area contributed by atoms with Crippen LogP contribution in [0.5, 0.6) is 0 Å². The first kappa shape index (κ1) is 21.0. The maximum atomic E-state index is 12.8. The molecule has 158 valence electrons. The standard InChI is InChI=1S/C19H19ClN4O4S2/c20-15-3-1-2-4-16(15)30(26,27)24-10-8-23(9-11-24)18(25)6-5-17-21-22-19(28-17)14-7-12-29-13-14/h1-4,7,12-13H,5-6,8-11H2. The van der Waals surface area contributed by atoms with E-state index in [1.165, 1.54) is 21.7 Å². The molecule has 1 amide bonds. The van der Waals surface area contributed by atoms with Crippen LogP contribution in [0.15, 0.2) is 50.4 Å². The molecular formula is C19H19ClN4O4S2. The van der Waals surface area contributed by atoms with E-state index < -0.39 is 10.0 Å². The van der Waals surface area contributed by atoms with Gasteiger partial charge < -0.3 is 9.32 Å². The molecule has 1 aromatic carbocycles. The molecule has 0 bridgehead atoms. The predicted octanol–water partition coefficient (Wildman–Crippen LogP) is 2.92. The zero-order valence-electron chi connectivity index (χ0n) is 15.9. The lowest BCUT2D eigenvalue weighted by molar-refractivity contribution is -0.132. The lowest BCUT2D eigenvalue weighted by atomic mass is 10.2. The monoisotopic (exact) mass is 466 g/mol. The first-order chi connectivity index (χ1) is 14.4. The SMILES string of the molecule is O=C(CCc1nnc(-c2ccsc2)o1)N1CCN(S(=O)(=O)c2ccccc2Cl)CC1. The van der Waals surface area contributed by atoms with Crippen molar-refractivity contribution < 1.29 is 17.6 Å². The molecule has 3 heterocycles. The molecule has 2 aromatic heterocycles. The van der Waals surface area contributed by atoms with E-state index in [2.05, 4.69) is 10.2 Å². The Morgan fingerprint density at radius 1 is 1.13 bits per heavy atom. The number of hydrogen-bond donors (Lipinski definition) is 0. The van der Waals surface area contributed by atoms with Gasteiger partial charge in [-0.3, -0.25) is 4.79 Å². The lowest BCUT2D eigenvalue weighted by Crippen LogP contribution is -2.50. The number of carbonyl (C=O) groups is 1. The maximum Gasteiger partial charge on any atom is 0.248 e. The van der Waals surface area contributed by atoms with Crippen molar-refractivity contribution in [3.8, 4) is 11.5 Å². The summed E-state index contributed by atoms with van der Waals surface area (Å²) < 4.78 is 32.6. The third-order valence-electron chi connectivity index (χ3n) is 4.83. The summed E-state index contributed by atoms with van der Waals surface area (Å²) in [6.45, 7) is 1.10. The van der Waals surface area contributed by atoms with Gasteiger partial charge in [-0.25, -0.2) is 8.42 Å². The van der Waals surface area contributed by atoms with Crippen molar-refractivity contribution >= 4 is 38.9 Å². The van der Waals surface area contributed by atoms with E-state index in [0.29, 0.717) is 31.3 Å². The molecule has 3 aromatic rings. The summed E-state index contributed by atoms with van der Waals surface area (Å²) in [4.78, 5) is 14.3. The van der Waals surface area contributed by atoms with Gasteiger partial charge in [0.25, 0.3) is 0 Å². The van der Waals surface area contributed by atoms with Crippen LogP contribution in [0.25, 0.3) is 11.5 Å². The molecule has 30 heavy (non-hydrogen) atoms. The number of thiophene rings is 1. The summed E-state index contributed by atoms with van der Waals surface area (Å²) in [5.41, 5.74) is 0.862. The molecule has 1 aliphatic heterocycles. The predicted molar refractivity (Wildman–Crippen MR) is 113 cm³/mol. The summed E-state index contributed by atoms with van der Waals surface area (Å²) in [5, 5.41) is 12.0. The van der Waals surface area contributed by atoms with Gasteiger partial charge in [-0.15, -0.1) is 10.2 Å². The molecule has 1 saturated heterocycles. The Balaban J connectivity index is 1.31. The molecule has 0 unspecified atom stereocenters. The van der Waals surface area contributed by atoms with E-state index in [9.17, 15) is 13.2 Å². The van der Waals surface area contributed by atoms with Gasteiger partial charge in [-0.05, 0) is 23.6 Å². The van der Waals surface area contributed by atoms with Gasteiger partial charge >= 0.3 is 0 Å². The Labute approximate surface area is 183 Å². The van der Waals surface area contributed by atoms with Crippen LogP contribution in [0.1, 0.15) is 12.3 Å². The van der Waals surface area contributed by atoms with Crippen LogP contribution >= 0.6 is 22.9 Å². The summed E-state index contributed by atoms with van der Waals surface area (Å²) in [7, 11) is -3.68. The fraction of sp³-hybridized carbons (Fsp3) is 0.316. The Morgan fingerprint density at radius 2 is 1.90 bits per heavy atom. The smallest absolute Gasteiger partial charge is 0.248 e. The summed E-state index contributed by atoms with van der Waals surface area (Å²) in [5.74, 6) is 0.779. The maximum absolute atomic E-state index is 12.8. The van der Waals surface area contributed by atoms with E-state index in [1.807, 2.05) is 16.8 Å². The van der Waals surface area contributed by atoms with Gasteiger partial charge in [0.1, 0.15) is 4.90 Å². The zero-order valence-corrected chi connectivity index (χ0v) is 18.3. The van der Waals surface area contributed by atoms with Gasteiger partial charge in [0.15, 0.2) is 0 Å². The number of rotatable bonds is 6. The van der Waals surface area contributed by atoms with Crippen molar-refractivity contribution in [3.63, 3.8) is 0 Å². The van der Waals surface area contributed by atoms with Crippen molar-refractivity contribution in [2.45, 2.75) is 17.7 Å². The number of halogens is 1. The van der Waals surface area contributed by atoms with Crippen molar-refractivity contribution in [1.29, 1.82) is 0 Å². The van der Waals surface area contributed by atoms with Crippen LogP contribution in [0.2, 0.25) is 5.02 Å². The Hall–Kier alpha value is -2.27. The lowest BCUT2D eigenvalue weighted by Gasteiger charge is -2.34. The molecule has 4 rings (SSSR count). The summed E-state index contributed by atoms with van der Waals surface area (Å²) in [6.07, 6.45) is 0.566. The van der Waals surface area contributed by atoms with Crippen LogP contribution in [0.3, 0.4) is 0 Å². The molecule has 0 saturated carbocycles. The molecule has 0 aliphatic carbocycles. The number of amides is 1. The number of aryl methyl sites for hydroxylation is 1. The van der Waals surface area contributed by atoms with Crippen LogP contribution < -0.4 is 0 Å². The molecule has 0 N–H and O–H groups in total. The first-order valence-corrected chi connectivity index (χ1v) is 12.1. The number of piperazine rings is 1. The van der Waals surface area contributed by atoms with Gasteiger partial charge in [-0.2, -0.15) is 15.6 Å². The van der Waals surface area contributed by atoms with Crippen LogP contribution in [-0.4, -0.2) is 59.9 Å². The Morgan fingerprint density at radius 3 is 2.60 bits per heavy atom. The molecule has 11 heteroatoms. The highest BCUT2D eigenvalue weighted by Gasteiger charge is 2.31. The quantitative estimate of drug-likeness (QED) is 0.554. The number of hydrogen-bond acceptors (Lipinski definition) is 7. The summed E-state index contributed by atoms with van der Waals surface area (Å²) >= 11 is 7.59. The fourth-order valence-electron chi connectivity index (χ4n) is 3.20. The largest absolute Gasteiger partial charge is 0.421 e. The second kappa shape index (κ2) is 8.84. The Kier molecular flexibility index (Phi) is 6.19. The average Bonchev–Trinajstić information content (AvgIpc) is 3.44. The molecule has 1 aliphatic rings. The molecule has 0 atom stereocenters. The van der Waals surface area contributed by atoms with Gasteiger partial charge in [0.05, 0.1) is 5.02 Å². The van der Waals surface area contributed by atoms with Crippen molar-refractivity contribution in [2.24, 2.45) is 0 Å². The van der Waals surface area contributed by atoms with Gasteiger partial charge in [0.2, 0.25) is 27.7 Å². The fourth-order valence-corrected chi connectivity index (χ4v) is 5.75. The molecule has 0 spiro atoms. The van der Waals surface area contributed by atoms with Crippen LogP contribution in [-0.2, 0) is 21.2 Å². The zero-order chi connectivity index (χ0) is 21.1. The average molecular weight is 467 g/mol. The van der Waals surface area contributed by atoms with E-state index in [1.54, 1.807) is 23.1 Å². The minimum atomic E-state index is -3.68. The van der Waals surface area contributed by atoms with E-state index in [4.69, 9.17) is 16.0 Å². The van der Waals surface area contributed by atoms with Crippen molar-refractivity contribution in [3.05, 3.63) is 52.0 Å². The van der Waals surface area contributed by atoms with Crippen LogP contribution in [0.4, 0.5) is 0 Å². The first-order valence-electron chi connectivity index (χ1n) is 9.32. The number of nitrogens with zero attached hydrogens (tertiary/aromatic N) is 4. The van der Waals surface area contributed by atoms with Gasteiger partial charge in [0, 0.05) is 50.0 Å². The molecule has 0 radical (unpaired) electrons. The number of benzene rings is 1. The number of aromatic nitrogens is 2. The number of sulfonamides is 1. The Bertz CT molecular complexity index is 1120. The topological polar surface area (TPSA) is 96.6 Å². The summed E-state index contributed by atoms with van der Waals surface area (Å²) in [6, 6.07) is 8.26. The molecule has 8 nitrogen and oxygen atoms in total. The number of carbonyl (C=O) groups excluding carboxylic acids is 1. The van der Waals surface area contributed by atoms with Crippen molar-refractivity contribution in [1.82, 2.24) is 19.4 Å². The highest BCUT2D eigenvalue weighted by Crippen LogP contribution is 2.25. The second-order valence-electron chi connectivity index (χ2n) is 6.73. The molecule has 1 fully saturated rings. The van der Waals surface area contributed by atoms with Crippen molar-refractivity contribution in [2.75, 3.05) is 26.2 Å². The third kappa shape index (κ3) is 4.41. The minimum Gasteiger partial charge on any atom is -0.421 e. The van der Waals surface area contributed by atoms with E-state index >= 15 is 0 Å². The second-order valence-corrected chi connectivity index (χ2v) is 9.82. The molecular weight excluding hydrogens is 448 g/mol. The van der Waals surface area contributed by atoms with E-state index in [0.717, 1.165) is 5.56 Å². The van der Waals surface area contributed by atoms with Crippen LogP contribution in [0, 0.1) is 0 Å². The highest BCUT2D eigenvalue weighted by molar-refractivity contribution is 7.89. The normalized spacial score (nSPS) is 15.4. The van der Waals surface area contributed by atoms with Gasteiger partial charge in [-0.1, -0.05) is 23.7 Å². The highest BCUT2D eigenvalue weighted by atomic mass is 35.5. The minimum absolute atomic E-state index is 0.0694.